The number of amides is 2. The van der Waals surface area contributed by atoms with Gasteiger partial charge in [-0.1, -0.05) is 0 Å². The van der Waals surface area contributed by atoms with E-state index >= 15 is 0 Å². The van der Waals surface area contributed by atoms with Gasteiger partial charge >= 0.3 is 6.03 Å². The van der Waals surface area contributed by atoms with E-state index in [2.05, 4.69) is 10.2 Å². The van der Waals surface area contributed by atoms with Crippen molar-refractivity contribution in [1.82, 2.24) is 15.1 Å². The fourth-order valence-electron chi connectivity index (χ4n) is 2.22. The first-order valence-corrected chi connectivity index (χ1v) is 5.54. The smallest absolute Gasteiger partial charge is 0.317 e. The molecule has 2 fully saturated rings. The van der Waals surface area contributed by atoms with E-state index in [9.17, 15) is 9.90 Å². The Hall–Kier alpha value is -0.810. The topological polar surface area (TPSA) is 55.8 Å². The minimum Gasteiger partial charge on any atom is -0.389 e. The quantitative estimate of drug-likeness (QED) is 0.662. The van der Waals surface area contributed by atoms with Gasteiger partial charge in [-0.2, -0.15) is 0 Å². The van der Waals surface area contributed by atoms with Gasteiger partial charge in [0, 0.05) is 39.3 Å². The van der Waals surface area contributed by atoms with Gasteiger partial charge < -0.3 is 15.3 Å². The Labute approximate surface area is 90.0 Å². The largest absolute Gasteiger partial charge is 0.389 e. The summed E-state index contributed by atoms with van der Waals surface area (Å²) in [5.74, 6) is 0. The lowest BCUT2D eigenvalue weighted by Gasteiger charge is -2.21. The van der Waals surface area contributed by atoms with Gasteiger partial charge in [0.05, 0.1) is 5.60 Å². The van der Waals surface area contributed by atoms with E-state index in [0.717, 1.165) is 45.7 Å². The maximum Gasteiger partial charge on any atom is 0.317 e. The SMILES string of the molecule is CC1(O)CCN(CCN2CCNC2=O)C1. The van der Waals surface area contributed by atoms with Gasteiger partial charge in [-0.05, 0) is 13.3 Å². The van der Waals surface area contributed by atoms with Crippen LogP contribution in [0.25, 0.3) is 0 Å². The summed E-state index contributed by atoms with van der Waals surface area (Å²) in [6, 6.07) is 0.0426. The molecule has 2 rings (SSSR count). The van der Waals surface area contributed by atoms with E-state index in [1.807, 2.05) is 11.8 Å². The average molecular weight is 213 g/mol. The zero-order valence-corrected chi connectivity index (χ0v) is 9.20. The highest BCUT2D eigenvalue weighted by atomic mass is 16.3. The van der Waals surface area contributed by atoms with Crippen LogP contribution >= 0.6 is 0 Å². The Bertz CT molecular complexity index is 255. The second-order valence-corrected chi connectivity index (χ2v) is 4.74. The van der Waals surface area contributed by atoms with Crippen LogP contribution in [-0.4, -0.2) is 65.8 Å². The normalized spacial score (nSPS) is 32.4. The third-order valence-corrected chi connectivity index (χ3v) is 3.16. The van der Waals surface area contributed by atoms with Crippen molar-refractivity contribution in [2.75, 3.05) is 39.3 Å². The monoisotopic (exact) mass is 213 g/mol. The van der Waals surface area contributed by atoms with E-state index in [1.165, 1.54) is 0 Å². The van der Waals surface area contributed by atoms with Crippen molar-refractivity contribution in [2.24, 2.45) is 0 Å². The van der Waals surface area contributed by atoms with Crippen molar-refractivity contribution in [3.05, 3.63) is 0 Å². The van der Waals surface area contributed by atoms with Crippen molar-refractivity contribution >= 4 is 6.03 Å². The van der Waals surface area contributed by atoms with E-state index in [1.54, 1.807) is 0 Å². The zero-order valence-electron chi connectivity index (χ0n) is 9.20. The summed E-state index contributed by atoms with van der Waals surface area (Å²) in [5.41, 5.74) is -0.534. The summed E-state index contributed by atoms with van der Waals surface area (Å²) in [6.07, 6.45) is 0.833. The van der Waals surface area contributed by atoms with Crippen molar-refractivity contribution < 1.29 is 9.90 Å². The molecule has 0 radical (unpaired) electrons. The highest BCUT2D eigenvalue weighted by Gasteiger charge is 2.31. The molecule has 2 heterocycles. The summed E-state index contributed by atoms with van der Waals surface area (Å²) in [4.78, 5) is 15.3. The maximum absolute atomic E-state index is 11.3. The molecule has 0 aliphatic carbocycles. The molecule has 5 heteroatoms. The summed E-state index contributed by atoms with van der Waals surface area (Å²) < 4.78 is 0. The molecule has 1 unspecified atom stereocenters. The fourth-order valence-corrected chi connectivity index (χ4v) is 2.22. The number of nitrogens with one attached hydrogen (secondary N) is 1. The van der Waals surface area contributed by atoms with Crippen LogP contribution in [0.2, 0.25) is 0 Å². The molecule has 1 atom stereocenters. The number of carbonyl (C=O) groups is 1. The van der Waals surface area contributed by atoms with Gasteiger partial charge in [-0.15, -0.1) is 0 Å². The highest BCUT2D eigenvalue weighted by Crippen LogP contribution is 2.19. The minimum absolute atomic E-state index is 0.0426. The Morgan fingerprint density at radius 1 is 1.47 bits per heavy atom. The number of urea groups is 1. The summed E-state index contributed by atoms with van der Waals surface area (Å²) in [5, 5.41) is 12.6. The Morgan fingerprint density at radius 3 is 2.80 bits per heavy atom. The van der Waals surface area contributed by atoms with E-state index < -0.39 is 5.60 Å². The van der Waals surface area contributed by atoms with E-state index in [-0.39, 0.29) is 6.03 Å². The van der Waals surface area contributed by atoms with Crippen molar-refractivity contribution in [2.45, 2.75) is 18.9 Å². The molecule has 0 saturated carbocycles. The number of likely N-dealkylation sites (tertiary alicyclic amines) is 1. The van der Waals surface area contributed by atoms with Gasteiger partial charge in [0.25, 0.3) is 0 Å². The van der Waals surface area contributed by atoms with Crippen LogP contribution in [-0.2, 0) is 0 Å². The lowest BCUT2D eigenvalue weighted by molar-refractivity contribution is 0.0681. The van der Waals surface area contributed by atoms with Crippen LogP contribution in [0.15, 0.2) is 0 Å². The molecule has 2 aliphatic rings. The lowest BCUT2D eigenvalue weighted by atomic mass is 10.1. The highest BCUT2D eigenvalue weighted by molar-refractivity contribution is 5.76. The van der Waals surface area contributed by atoms with Gasteiger partial charge in [0.15, 0.2) is 0 Å². The first-order valence-electron chi connectivity index (χ1n) is 5.54. The Kier molecular flexibility index (Phi) is 2.84. The second-order valence-electron chi connectivity index (χ2n) is 4.74. The number of hydrogen-bond donors (Lipinski definition) is 2. The molecule has 2 saturated heterocycles. The molecular weight excluding hydrogens is 194 g/mol. The number of aliphatic hydroxyl groups is 1. The molecule has 2 aliphatic heterocycles. The standard InChI is InChI=1S/C10H19N3O2/c1-10(15)2-4-12(8-10)6-7-13-5-3-11-9(13)14/h15H,2-8H2,1H3,(H,11,14). The zero-order chi connectivity index (χ0) is 10.9. The summed E-state index contributed by atoms with van der Waals surface area (Å²) >= 11 is 0. The molecule has 0 aromatic rings. The van der Waals surface area contributed by atoms with Crippen molar-refractivity contribution in [3.8, 4) is 0 Å². The van der Waals surface area contributed by atoms with Gasteiger partial charge in [0.1, 0.15) is 0 Å². The van der Waals surface area contributed by atoms with Crippen LogP contribution in [0.4, 0.5) is 4.79 Å². The molecule has 2 amide bonds. The predicted molar refractivity (Wildman–Crippen MR) is 56.7 cm³/mol. The molecule has 15 heavy (non-hydrogen) atoms. The fraction of sp³-hybridized carbons (Fsp3) is 0.900. The van der Waals surface area contributed by atoms with Crippen LogP contribution < -0.4 is 5.32 Å². The van der Waals surface area contributed by atoms with Gasteiger partial charge in [-0.3, -0.25) is 4.90 Å². The van der Waals surface area contributed by atoms with Gasteiger partial charge in [-0.25, -0.2) is 4.79 Å². The van der Waals surface area contributed by atoms with Crippen molar-refractivity contribution in [1.29, 1.82) is 0 Å². The minimum atomic E-state index is -0.534. The van der Waals surface area contributed by atoms with Crippen LogP contribution in [0, 0.1) is 0 Å². The van der Waals surface area contributed by atoms with Crippen LogP contribution in [0.1, 0.15) is 13.3 Å². The molecule has 0 aromatic heterocycles. The Morgan fingerprint density at radius 2 is 2.27 bits per heavy atom. The number of rotatable bonds is 3. The molecule has 0 aromatic carbocycles. The van der Waals surface area contributed by atoms with Crippen LogP contribution in [0.3, 0.4) is 0 Å². The molecule has 0 bridgehead atoms. The van der Waals surface area contributed by atoms with Crippen LogP contribution in [0.5, 0.6) is 0 Å². The Balaban J connectivity index is 1.72. The molecule has 2 N–H and O–H groups in total. The summed E-state index contributed by atoms with van der Waals surface area (Å²) in [7, 11) is 0. The van der Waals surface area contributed by atoms with Gasteiger partial charge in [0.2, 0.25) is 0 Å². The first kappa shape index (κ1) is 10.7. The molecule has 86 valence electrons. The number of hydrogen-bond acceptors (Lipinski definition) is 3. The molecular formula is C10H19N3O2. The number of β-amino-alcohol motifs (C(OH)–C–C–N with tert-alkyl or cyclic N) is 1. The van der Waals surface area contributed by atoms with E-state index in [0.29, 0.717) is 0 Å². The summed E-state index contributed by atoms with van der Waals surface area (Å²) in [6.45, 7) is 6.73. The lowest BCUT2D eigenvalue weighted by Crippen LogP contribution is -2.37. The maximum atomic E-state index is 11.3. The third kappa shape index (κ3) is 2.60. The number of nitrogens with zero attached hydrogens (tertiary/aromatic N) is 2. The predicted octanol–water partition coefficient (Wildman–Crippen LogP) is -0.532. The third-order valence-electron chi connectivity index (χ3n) is 3.16. The molecule has 5 nitrogen and oxygen atoms in total. The first-order chi connectivity index (χ1) is 7.07. The number of carbonyl (C=O) groups excluding carboxylic acids is 1. The van der Waals surface area contributed by atoms with E-state index in [4.69, 9.17) is 0 Å². The average Bonchev–Trinajstić information content (AvgIpc) is 2.69. The van der Waals surface area contributed by atoms with Crippen molar-refractivity contribution in [3.63, 3.8) is 0 Å². The molecule has 0 spiro atoms. The second kappa shape index (κ2) is 3.98.